The highest BCUT2D eigenvalue weighted by atomic mass is 79.9. The molecule has 0 bridgehead atoms. The van der Waals surface area contributed by atoms with Crippen LogP contribution in [0.4, 0.5) is 0 Å². The predicted octanol–water partition coefficient (Wildman–Crippen LogP) is 3.07. The van der Waals surface area contributed by atoms with Gasteiger partial charge in [-0.3, -0.25) is 0 Å². The van der Waals surface area contributed by atoms with Gasteiger partial charge in [0.05, 0.1) is 0 Å². The lowest BCUT2D eigenvalue weighted by molar-refractivity contribution is -0.108. The van der Waals surface area contributed by atoms with Gasteiger partial charge in [-0.1, -0.05) is 28.1 Å². The molecule has 0 aromatic heterocycles. The number of halogens is 1. The monoisotopic (exact) mass is 238 g/mol. The number of rotatable bonds is 2. The third-order valence-corrected chi connectivity index (χ3v) is 3.46. The molecule has 68 valence electrons. The molecule has 0 N–H and O–H groups in total. The summed E-state index contributed by atoms with van der Waals surface area (Å²) in [6, 6.07) is 6.26. The molecule has 0 spiro atoms. The molecule has 1 unspecified atom stereocenters. The van der Waals surface area contributed by atoms with Gasteiger partial charge >= 0.3 is 0 Å². The van der Waals surface area contributed by atoms with E-state index in [2.05, 4.69) is 28.1 Å². The summed E-state index contributed by atoms with van der Waals surface area (Å²) >= 11 is 3.54. The normalized spacial score (nSPS) is 19.9. The molecule has 0 amide bonds. The van der Waals surface area contributed by atoms with Crippen LogP contribution in [0.1, 0.15) is 29.9 Å². The Balaban J connectivity index is 2.37. The third kappa shape index (κ3) is 1.55. The van der Waals surface area contributed by atoms with Gasteiger partial charge in [0.2, 0.25) is 0 Å². The summed E-state index contributed by atoms with van der Waals surface area (Å²) in [5.74, 6) is 0.463. The Kier molecular flexibility index (Phi) is 2.49. The average molecular weight is 239 g/mol. The van der Waals surface area contributed by atoms with Crippen LogP contribution in [-0.2, 0) is 11.2 Å². The maximum atomic E-state index is 10.4. The second-order valence-corrected chi connectivity index (χ2v) is 4.30. The van der Waals surface area contributed by atoms with Crippen molar-refractivity contribution in [3.8, 4) is 0 Å². The lowest BCUT2D eigenvalue weighted by Gasteiger charge is -2.07. The summed E-state index contributed by atoms with van der Waals surface area (Å²) in [5.41, 5.74) is 2.76. The molecule has 1 aromatic carbocycles. The van der Waals surface area contributed by atoms with Gasteiger partial charge in [-0.05, 0) is 36.0 Å². The van der Waals surface area contributed by atoms with Crippen LogP contribution in [0, 0.1) is 0 Å². The first-order chi connectivity index (χ1) is 6.33. The average Bonchev–Trinajstić information content (AvgIpc) is 2.51. The van der Waals surface area contributed by atoms with E-state index in [-0.39, 0.29) is 0 Å². The second kappa shape index (κ2) is 3.62. The Morgan fingerprint density at radius 1 is 1.54 bits per heavy atom. The summed E-state index contributed by atoms with van der Waals surface area (Å²) in [5, 5.41) is 0. The summed E-state index contributed by atoms with van der Waals surface area (Å²) in [4.78, 5) is 10.4. The van der Waals surface area contributed by atoms with Crippen molar-refractivity contribution in [3.63, 3.8) is 0 Å². The van der Waals surface area contributed by atoms with E-state index in [4.69, 9.17) is 0 Å². The molecule has 13 heavy (non-hydrogen) atoms. The van der Waals surface area contributed by atoms with Gasteiger partial charge in [0.25, 0.3) is 0 Å². The minimum atomic E-state index is 0.463. The van der Waals surface area contributed by atoms with Crippen molar-refractivity contribution in [2.45, 2.75) is 25.2 Å². The van der Waals surface area contributed by atoms with E-state index in [0.29, 0.717) is 12.3 Å². The van der Waals surface area contributed by atoms with E-state index in [9.17, 15) is 4.79 Å². The molecule has 0 heterocycles. The van der Waals surface area contributed by atoms with Crippen molar-refractivity contribution in [2.24, 2.45) is 0 Å². The van der Waals surface area contributed by atoms with Gasteiger partial charge in [-0.2, -0.15) is 0 Å². The van der Waals surface area contributed by atoms with Crippen LogP contribution < -0.4 is 0 Å². The summed E-state index contributed by atoms with van der Waals surface area (Å²) in [6.07, 6.45) is 3.93. The molecule has 2 rings (SSSR count). The van der Waals surface area contributed by atoms with Gasteiger partial charge in [0, 0.05) is 10.9 Å². The molecule has 1 aromatic rings. The van der Waals surface area contributed by atoms with E-state index < -0.39 is 0 Å². The molecular formula is C11H11BrO. The van der Waals surface area contributed by atoms with Crippen LogP contribution in [-0.4, -0.2) is 6.29 Å². The van der Waals surface area contributed by atoms with Crippen molar-refractivity contribution < 1.29 is 4.79 Å². The molecule has 1 aliphatic rings. The highest BCUT2D eigenvalue weighted by Gasteiger charge is 2.22. The Bertz CT molecular complexity index is 333. The van der Waals surface area contributed by atoms with Gasteiger partial charge in [-0.15, -0.1) is 0 Å². The fourth-order valence-corrected chi connectivity index (χ4v) is 2.64. The predicted molar refractivity (Wildman–Crippen MR) is 55.9 cm³/mol. The number of benzene rings is 1. The van der Waals surface area contributed by atoms with Gasteiger partial charge in [-0.25, -0.2) is 0 Å². The zero-order valence-electron chi connectivity index (χ0n) is 7.29. The zero-order chi connectivity index (χ0) is 9.26. The standard InChI is InChI=1S/C11H11BrO/c12-11-3-1-2-9-8(6-7-13)4-5-10(9)11/h1-3,7-8H,4-6H2. The molecule has 0 saturated carbocycles. The maximum Gasteiger partial charge on any atom is 0.120 e. The quantitative estimate of drug-likeness (QED) is 0.725. The van der Waals surface area contributed by atoms with Crippen molar-refractivity contribution in [2.75, 3.05) is 0 Å². The van der Waals surface area contributed by atoms with E-state index in [1.807, 2.05) is 6.07 Å². The number of fused-ring (bicyclic) bond motifs is 1. The largest absolute Gasteiger partial charge is 0.303 e. The first-order valence-corrected chi connectivity index (χ1v) is 5.33. The van der Waals surface area contributed by atoms with Crippen LogP contribution in [0.2, 0.25) is 0 Å². The van der Waals surface area contributed by atoms with E-state index in [0.717, 1.165) is 19.1 Å². The molecule has 0 fully saturated rings. The van der Waals surface area contributed by atoms with Crippen LogP contribution in [0.5, 0.6) is 0 Å². The lowest BCUT2D eigenvalue weighted by atomic mass is 9.99. The molecular weight excluding hydrogens is 228 g/mol. The first kappa shape index (κ1) is 8.95. The van der Waals surface area contributed by atoms with Crippen molar-refractivity contribution in [1.82, 2.24) is 0 Å². The molecule has 1 nitrogen and oxygen atoms in total. The van der Waals surface area contributed by atoms with Gasteiger partial charge in [0.1, 0.15) is 6.29 Å². The smallest absolute Gasteiger partial charge is 0.120 e. The number of carbonyl (C=O) groups is 1. The first-order valence-electron chi connectivity index (χ1n) is 4.54. The Labute approximate surface area is 86.3 Å². The Hall–Kier alpha value is -0.630. The summed E-state index contributed by atoms with van der Waals surface area (Å²) in [7, 11) is 0. The van der Waals surface area contributed by atoms with Crippen molar-refractivity contribution in [1.29, 1.82) is 0 Å². The summed E-state index contributed by atoms with van der Waals surface area (Å²) < 4.78 is 1.19. The van der Waals surface area contributed by atoms with Crippen LogP contribution in [0.25, 0.3) is 0 Å². The van der Waals surface area contributed by atoms with Crippen LogP contribution in [0.3, 0.4) is 0 Å². The van der Waals surface area contributed by atoms with Crippen molar-refractivity contribution in [3.05, 3.63) is 33.8 Å². The van der Waals surface area contributed by atoms with E-state index in [1.165, 1.54) is 15.6 Å². The van der Waals surface area contributed by atoms with Crippen LogP contribution >= 0.6 is 15.9 Å². The zero-order valence-corrected chi connectivity index (χ0v) is 8.88. The highest BCUT2D eigenvalue weighted by Crippen LogP contribution is 2.38. The molecule has 0 radical (unpaired) electrons. The van der Waals surface area contributed by atoms with E-state index >= 15 is 0 Å². The number of aldehydes is 1. The minimum absolute atomic E-state index is 0.463. The molecule has 1 atom stereocenters. The van der Waals surface area contributed by atoms with Gasteiger partial charge in [0.15, 0.2) is 0 Å². The van der Waals surface area contributed by atoms with Crippen molar-refractivity contribution >= 4 is 22.2 Å². The maximum absolute atomic E-state index is 10.4. The number of hydrogen-bond donors (Lipinski definition) is 0. The highest BCUT2D eigenvalue weighted by molar-refractivity contribution is 9.10. The number of hydrogen-bond acceptors (Lipinski definition) is 1. The molecule has 2 heteroatoms. The summed E-state index contributed by atoms with van der Waals surface area (Å²) in [6.45, 7) is 0. The second-order valence-electron chi connectivity index (χ2n) is 3.45. The lowest BCUT2D eigenvalue weighted by Crippen LogP contribution is -1.93. The SMILES string of the molecule is O=CCC1CCc2c(Br)cccc21. The molecule has 0 aliphatic heterocycles. The third-order valence-electron chi connectivity index (χ3n) is 2.72. The van der Waals surface area contributed by atoms with E-state index in [1.54, 1.807) is 0 Å². The molecule has 0 saturated heterocycles. The topological polar surface area (TPSA) is 17.1 Å². The fourth-order valence-electron chi connectivity index (χ4n) is 2.06. The molecule has 1 aliphatic carbocycles. The van der Waals surface area contributed by atoms with Gasteiger partial charge < -0.3 is 4.79 Å². The fraction of sp³-hybridized carbons (Fsp3) is 0.364. The van der Waals surface area contributed by atoms with Crippen LogP contribution in [0.15, 0.2) is 22.7 Å². The minimum Gasteiger partial charge on any atom is -0.303 e. The number of carbonyl (C=O) groups excluding carboxylic acids is 1. The Morgan fingerprint density at radius 2 is 2.38 bits per heavy atom. The Morgan fingerprint density at radius 3 is 3.15 bits per heavy atom.